The van der Waals surface area contributed by atoms with E-state index in [0.717, 1.165) is 42.8 Å². The van der Waals surface area contributed by atoms with Crippen molar-refractivity contribution in [2.45, 2.75) is 46.1 Å². The van der Waals surface area contributed by atoms with Crippen molar-refractivity contribution in [2.24, 2.45) is 5.92 Å². The van der Waals surface area contributed by atoms with Crippen molar-refractivity contribution >= 4 is 11.4 Å². The van der Waals surface area contributed by atoms with E-state index in [1.807, 2.05) is 42.3 Å². The number of hydrogen-bond acceptors (Lipinski definition) is 3. The minimum absolute atomic E-state index is 0.0219. The molecule has 0 aliphatic carbocycles. The second kappa shape index (κ2) is 5.47. The maximum absolute atomic E-state index is 12.5. The van der Waals surface area contributed by atoms with E-state index in [1.54, 1.807) is 6.33 Å². The minimum atomic E-state index is 0.0219. The molecule has 21 heavy (non-hydrogen) atoms. The number of rotatable bonds is 2. The zero-order chi connectivity index (χ0) is 15.0. The van der Waals surface area contributed by atoms with Gasteiger partial charge in [0.15, 0.2) is 0 Å². The maximum atomic E-state index is 12.5. The first-order chi connectivity index (χ1) is 10.1. The molecule has 5 nitrogen and oxygen atoms in total. The Morgan fingerprint density at radius 3 is 2.95 bits per heavy atom. The summed E-state index contributed by atoms with van der Waals surface area (Å²) in [5.41, 5.74) is 2.01. The summed E-state index contributed by atoms with van der Waals surface area (Å²) < 4.78 is 2.02. The van der Waals surface area contributed by atoms with Gasteiger partial charge in [-0.1, -0.05) is 13.8 Å². The molecule has 0 saturated carbocycles. The van der Waals surface area contributed by atoms with E-state index < -0.39 is 0 Å². The van der Waals surface area contributed by atoms with Gasteiger partial charge in [-0.3, -0.25) is 9.20 Å². The van der Waals surface area contributed by atoms with Crippen LogP contribution in [0, 0.1) is 12.8 Å². The second-order valence-electron chi connectivity index (χ2n) is 6.14. The zero-order valence-electron chi connectivity index (χ0n) is 12.9. The monoisotopic (exact) mass is 286 g/mol. The highest BCUT2D eigenvalue weighted by atomic mass is 16.2. The van der Waals surface area contributed by atoms with E-state index in [0.29, 0.717) is 0 Å². The van der Waals surface area contributed by atoms with E-state index >= 15 is 0 Å². The lowest BCUT2D eigenvalue weighted by molar-refractivity contribution is -0.138. The van der Waals surface area contributed by atoms with Crippen LogP contribution in [0.4, 0.5) is 0 Å². The summed E-state index contributed by atoms with van der Waals surface area (Å²) in [6.07, 6.45) is 6.83. The number of likely N-dealkylation sites (tertiary alicyclic amines) is 1. The summed E-state index contributed by atoms with van der Waals surface area (Å²) in [5.74, 6) is 1.18. The number of carbonyl (C=O) groups is 1. The van der Waals surface area contributed by atoms with Crippen LogP contribution in [0.15, 0.2) is 18.6 Å². The molecule has 0 aromatic carbocycles. The topological polar surface area (TPSA) is 50.5 Å². The minimum Gasteiger partial charge on any atom is -0.332 e. The molecule has 0 bridgehead atoms. The first-order valence-corrected chi connectivity index (χ1v) is 7.68. The molecule has 0 spiro atoms. The normalized spacial score (nSPS) is 19.4. The smallest absolute Gasteiger partial charge is 0.225 e. The average Bonchev–Trinajstić information content (AvgIpc) is 2.93. The first kappa shape index (κ1) is 14.0. The average molecular weight is 286 g/mol. The number of hydrogen-bond donors (Lipinski definition) is 0. The number of aryl methyl sites for hydroxylation is 1. The van der Waals surface area contributed by atoms with Gasteiger partial charge in [-0.25, -0.2) is 9.97 Å². The predicted molar refractivity (Wildman–Crippen MR) is 80.9 cm³/mol. The number of imidazole rings is 1. The van der Waals surface area contributed by atoms with Crippen molar-refractivity contribution in [1.82, 2.24) is 19.3 Å². The van der Waals surface area contributed by atoms with Crippen LogP contribution in [0.3, 0.4) is 0 Å². The lowest BCUT2D eigenvalue weighted by Crippen LogP contribution is -2.41. The standard InChI is InChI=1S/C16H22N4O/c1-11(2)16(21)19-7-5-4-6-14(19)15-18-12(3)8-13-9-17-10-20(13)15/h8-11,14H,4-7H2,1-3H3. The molecule has 3 rings (SSSR count). The van der Waals surface area contributed by atoms with Crippen LogP contribution in [-0.4, -0.2) is 31.7 Å². The Balaban J connectivity index is 2.06. The summed E-state index contributed by atoms with van der Waals surface area (Å²) in [6.45, 7) is 6.75. The van der Waals surface area contributed by atoms with Crippen molar-refractivity contribution in [2.75, 3.05) is 6.54 Å². The summed E-state index contributed by atoms with van der Waals surface area (Å²) in [6, 6.07) is 2.08. The highest BCUT2D eigenvalue weighted by Gasteiger charge is 2.31. The molecule has 0 N–H and O–H groups in total. The molecule has 0 radical (unpaired) electrons. The van der Waals surface area contributed by atoms with Crippen LogP contribution in [0.2, 0.25) is 0 Å². The molecule has 3 heterocycles. The molecule has 1 aliphatic rings. The number of carbonyl (C=O) groups excluding carboxylic acids is 1. The van der Waals surface area contributed by atoms with Gasteiger partial charge in [0, 0.05) is 18.2 Å². The van der Waals surface area contributed by atoms with Crippen molar-refractivity contribution in [3.8, 4) is 0 Å². The highest BCUT2D eigenvalue weighted by molar-refractivity contribution is 5.78. The van der Waals surface area contributed by atoms with Crippen LogP contribution >= 0.6 is 0 Å². The molecule has 1 atom stereocenters. The fourth-order valence-electron chi connectivity index (χ4n) is 3.11. The van der Waals surface area contributed by atoms with Crippen LogP contribution in [0.1, 0.15) is 50.7 Å². The van der Waals surface area contributed by atoms with Gasteiger partial charge in [0.2, 0.25) is 5.91 Å². The Labute approximate surface area is 125 Å². The van der Waals surface area contributed by atoms with Crippen LogP contribution in [0.25, 0.3) is 5.52 Å². The third-order valence-corrected chi connectivity index (χ3v) is 4.14. The number of fused-ring (bicyclic) bond motifs is 1. The van der Waals surface area contributed by atoms with Gasteiger partial charge in [0.05, 0.1) is 17.8 Å². The van der Waals surface area contributed by atoms with E-state index in [4.69, 9.17) is 4.98 Å². The van der Waals surface area contributed by atoms with Gasteiger partial charge < -0.3 is 4.90 Å². The van der Waals surface area contributed by atoms with E-state index in [-0.39, 0.29) is 17.9 Å². The Morgan fingerprint density at radius 1 is 1.38 bits per heavy atom. The Hall–Kier alpha value is -1.91. The molecule has 5 heteroatoms. The molecule has 1 saturated heterocycles. The van der Waals surface area contributed by atoms with Gasteiger partial charge in [-0.2, -0.15) is 0 Å². The Bertz CT molecular complexity index is 661. The molecule has 2 aromatic rings. The number of nitrogens with zero attached hydrogens (tertiary/aromatic N) is 4. The summed E-state index contributed by atoms with van der Waals surface area (Å²) in [5, 5.41) is 0. The molecule has 112 valence electrons. The molecule has 2 aromatic heterocycles. The SMILES string of the molecule is Cc1cc2cncn2c(C2CCCCN2C(=O)C(C)C)n1. The maximum Gasteiger partial charge on any atom is 0.225 e. The lowest BCUT2D eigenvalue weighted by Gasteiger charge is -2.36. The Morgan fingerprint density at radius 2 is 2.19 bits per heavy atom. The van der Waals surface area contributed by atoms with Crippen LogP contribution in [-0.2, 0) is 4.79 Å². The van der Waals surface area contributed by atoms with Crippen LogP contribution < -0.4 is 0 Å². The number of amides is 1. The van der Waals surface area contributed by atoms with Gasteiger partial charge in [-0.05, 0) is 32.3 Å². The molecule has 1 fully saturated rings. The van der Waals surface area contributed by atoms with Crippen molar-refractivity contribution < 1.29 is 4.79 Å². The summed E-state index contributed by atoms with van der Waals surface area (Å²) in [4.78, 5) is 23.5. The predicted octanol–water partition coefficient (Wildman–Crippen LogP) is 2.75. The molecule has 1 aliphatic heterocycles. The van der Waals surface area contributed by atoms with Gasteiger partial charge in [0.25, 0.3) is 0 Å². The quantitative estimate of drug-likeness (QED) is 0.853. The van der Waals surface area contributed by atoms with Crippen molar-refractivity contribution in [3.05, 3.63) is 30.1 Å². The molecular weight excluding hydrogens is 264 g/mol. The van der Waals surface area contributed by atoms with Gasteiger partial charge >= 0.3 is 0 Å². The highest BCUT2D eigenvalue weighted by Crippen LogP contribution is 2.31. The fraction of sp³-hybridized carbons (Fsp3) is 0.562. The van der Waals surface area contributed by atoms with Crippen molar-refractivity contribution in [3.63, 3.8) is 0 Å². The third kappa shape index (κ3) is 2.52. The number of aromatic nitrogens is 3. The zero-order valence-corrected chi connectivity index (χ0v) is 12.9. The molecule has 1 unspecified atom stereocenters. The largest absolute Gasteiger partial charge is 0.332 e. The number of piperidine rings is 1. The van der Waals surface area contributed by atoms with E-state index in [2.05, 4.69) is 4.98 Å². The van der Waals surface area contributed by atoms with E-state index in [1.165, 1.54) is 0 Å². The molecular formula is C16H22N4O. The molecule has 1 amide bonds. The first-order valence-electron chi connectivity index (χ1n) is 7.68. The second-order valence-corrected chi connectivity index (χ2v) is 6.14. The van der Waals surface area contributed by atoms with Crippen molar-refractivity contribution in [1.29, 1.82) is 0 Å². The Kier molecular flexibility index (Phi) is 3.66. The third-order valence-electron chi connectivity index (χ3n) is 4.14. The van der Waals surface area contributed by atoms with Crippen LogP contribution in [0.5, 0.6) is 0 Å². The summed E-state index contributed by atoms with van der Waals surface area (Å²) in [7, 11) is 0. The fourth-order valence-corrected chi connectivity index (χ4v) is 3.11. The van der Waals surface area contributed by atoms with Gasteiger partial charge in [0.1, 0.15) is 12.2 Å². The summed E-state index contributed by atoms with van der Waals surface area (Å²) >= 11 is 0. The van der Waals surface area contributed by atoms with Gasteiger partial charge in [-0.15, -0.1) is 0 Å². The lowest BCUT2D eigenvalue weighted by atomic mass is 9.99. The van der Waals surface area contributed by atoms with E-state index in [9.17, 15) is 4.79 Å².